The standard InChI is InChI=1S/C5H13NO3S/c1-5(2,6)3-4-9-10(7)8/h10H,3-4,6H2,1-2H3. The lowest BCUT2D eigenvalue weighted by Gasteiger charge is -2.16. The molecule has 0 fully saturated rings. The summed E-state index contributed by atoms with van der Waals surface area (Å²) in [4.78, 5) is 0. The highest BCUT2D eigenvalue weighted by atomic mass is 32.2. The molecule has 0 bridgehead atoms. The maximum Gasteiger partial charge on any atom is 0.257 e. The van der Waals surface area contributed by atoms with Crippen LogP contribution in [0.3, 0.4) is 0 Å². The Morgan fingerprint density at radius 1 is 1.50 bits per heavy atom. The van der Waals surface area contributed by atoms with Crippen molar-refractivity contribution >= 4 is 11.0 Å². The molecule has 0 amide bonds. The molecule has 0 aromatic heterocycles. The second-order valence-electron chi connectivity index (χ2n) is 2.80. The molecule has 0 saturated carbocycles. The molecular weight excluding hydrogens is 154 g/mol. The second kappa shape index (κ2) is 3.90. The molecule has 10 heavy (non-hydrogen) atoms. The molecule has 0 atom stereocenters. The van der Waals surface area contributed by atoms with Gasteiger partial charge in [0.1, 0.15) is 0 Å². The van der Waals surface area contributed by atoms with Crippen LogP contribution < -0.4 is 5.73 Å². The SMILES string of the molecule is CC(C)(N)CCO[SH](=O)=O. The molecule has 62 valence electrons. The third kappa shape index (κ3) is 7.87. The summed E-state index contributed by atoms with van der Waals surface area (Å²) in [5.41, 5.74) is 5.19. The molecule has 0 aliphatic heterocycles. The van der Waals surface area contributed by atoms with Gasteiger partial charge in [0, 0.05) is 5.54 Å². The van der Waals surface area contributed by atoms with E-state index in [0.29, 0.717) is 6.42 Å². The average molecular weight is 167 g/mol. The Kier molecular flexibility index (Phi) is 3.85. The van der Waals surface area contributed by atoms with Gasteiger partial charge in [0.05, 0.1) is 6.61 Å². The van der Waals surface area contributed by atoms with Gasteiger partial charge in [-0.15, -0.1) is 0 Å². The fraction of sp³-hybridized carbons (Fsp3) is 1.00. The Morgan fingerprint density at radius 3 is 2.30 bits per heavy atom. The Bertz CT molecular complexity index is 151. The largest absolute Gasteiger partial charge is 0.325 e. The van der Waals surface area contributed by atoms with Gasteiger partial charge >= 0.3 is 0 Å². The lowest BCUT2D eigenvalue weighted by Crippen LogP contribution is -2.33. The van der Waals surface area contributed by atoms with E-state index in [4.69, 9.17) is 5.73 Å². The molecule has 0 saturated heterocycles. The maximum atomic E-state index is 9.86. The number of hydrogen-bond acceptors (Lipinski definition) is 4. The van der Waals surface area contributed by atoms with Gasteiger partial charge in [0.25, 0.3) is 11.0 Å². The molecule has 0 radical (unpaired) electrons. The molecule has 4 nitrogen and oxygen atoms in total. The first-order chi connectivity index (χ1) is 4.42. The highest BCUT2D eigenvalue weighted by Crippen LogP contribution is 2.02. The lowest BCUT2D eigenvalue weighted by molar-refractivity contribution is 0.288. The molecule has 2 N–H and O–H groups in total. The first-order valence-corrected chi connectivity index (χ1v) is 4.07. The van der Waals surface area contributed by atoms with Crippen molar-refractivity contribution in [3.05, 3.63) is 0 Å². The predicted octanol–water partition coefficient (Wildman–Crippen LogP) is -0.343. The molecule has 0 aliphatic rings. The van der Waals surface area contributed by atoms with Gasteiger partial charge in [-0.25, -0.2) is 8.42 Å². The molecule has 0 rings (SSSR count). The van der Waals surface area contributed by atoms with Crippen LogP contribution in [0.4, 0.5) is 0 Å². The van der Waals surface area contributed by atoms with Crippen LogP contribution in [0.25, 0.3) is 0 Å². The second-order valence-corrected chi connectivity index (χ2v) is 3.50. The van der Waals surface area contributed by atoms with Gasteiger partial charge in [-0.2, -0.15) is 0 Å². The monoisotopic (exact) mass is 167 g/mol. The number of hydrogen-bond donors (Lipinski definition) is 2. The molecule has 0 unspecified atom stereocenters. The van der Waals surface area contributed by atoms with Crippen LogP contribution in [-0.4, -0.2) is 20.6 Å². The molecule has 0 aromatic rings. The predicted molar refractivity (Wildman–Crippen MR) is 39.2 cm³/mol. The summed E-state index contributed by atoms with van der Waals surface area (Å²) in [5, 5.41) is 0. The fourth-order valence-electron chi connectivity index (χ4n) is 0.383. The molecule has 0 spiro atoms. The third-order valence-corrected chi connectivity index (χ3v) is 1.34. The quantitative estimate of drug-likeness (QED) is 0.562. The molecule has 0 aliphatic carbocycles. The Labute approximate surface area is 62.5 Å². The lowest BCUT2D eigenvalue weighted by atomic mass is 10.0. The van der Waals surface area contributed by atoms with Crippen LogP contribution >= 0.6 is 0 Å². The van der Waals surface area contributed by atoms with E-state index in [1.54, 1.807) is 0 Å². The van der Waals surface area contributed by atoms with Gasteiger partial charge in [0.15, 0.2) is 0 Å². The Morgan fingerprint density at radius 2 is 2.00 bits per heavy atom. The Hall–Kier alpha value is -0.130. The van der Waals surface area contributed by atoms with Crippen molar-refractivity contribution < 1.29 is 12.6 Å². The first-order valence-electron chi connectivity index (χ1n) is 2.98. The third-order valence-electron chi connectivity index (χ3n) is 0.943. The summed E-state index contributed by atoms with van der Waals surface area (Å²) in [6, 6.07) is 0. The van der Waals surface area contributed by atoms with Crippen LogP contribution in [0.2, 0.25) is 0 Å². The number of thiol groups is 1. The highest BCUT2D eigenvalue weighted by Gasteiger charge is 2.09. The molecular formula is C5H13NO3S. The minimum absolute atomic E-state index is 0.169. The maximum absolute atomic E-state index is 9.86. The summed E-state index contributed by atoms with van der Waals surface area (Å²) in [7, 11) is -2.71. The number of rotatable bonds is 4. The summed E-state index contributed by atoms with van der Waals surface area (Å²) in [6.45, 7) is 3.80. The van der Waals surface area contributed by atoms with Gasteiger partial charge < -0.3 is 5.73 Å². The van der Waals surface area contributed by atoms with Crippen LogP contribution in [0, 0.1) is 0 Å². The van der Waals surface area contributed by atoms with Gasteiger partial charge in [0.2, 0.25) is 0 Å². The van der Waals surface area contributed by atoms with Crippen molar-refractivity contribution in [3.63, 3.8) is 0 Å². The van der Waals surface area contributed by atoms with Crippen molar-refractivity contribution in [2.24, 2.45) is 5.73 Å². The van der Waals surface area contributed by atoms with E-state index < -0.39 is 11.0 Å². The van der Waals surface area contributed by atoms with E-state index >= 15 is 0 Å². The van der Waals surface area contributed by atoms with E-state index in [2.05, 4.69) is 4.18 Å². The van der Waals surface area contributed by atoms with Crippen molar-refractivity contribution in [2.45, 2.75) is 25.8 Å². The minimum Gasteiger partial charge on any atom is -0.325 e. The van der Waals surface area contributed by atoms with Crippen molar-refractivity contribution in [1.29, 1.82) is 0 Å². The van der Waals surface area contributed by atoms with Crippen LogP contribution in [-0.2, 0) is 15.2 Å². The summed E-state index contributed by atoms with van der Waals surface area (Å²) in [5.74, 6) is 0. The topological polar surface area (TPSA) is 69.4 Å². The zero-order valence-corrected chi connectivity index (χ0v) is 7.06. The molecule has 0 aromatic carbocycles. The smallest absolute Gasteiger partial charge is 0.257 e. The van der Waals surface area contributed by atoms with Crippen molar-refractivity contribution in [1.82, 2.24) is 0 Å². The fourth-order valence-corrected chi connectivity index (χ4v) is 0.624. The van der Waals surface area contributed by atoms with E-state index in [0.717, 1.165) is 0 Å². The van der Waals surface area contributed by atoms with Crippen LogP contribution in [0.15, 0.2) is 0 Å². The average Bonchev–Trinajstić information content (AvgIpc) is 1.59. The summed E-state index contributed by atoms with van der Waals surface area (Å²) < 4.78 is 24.0. The number of nitrogens with two attached hydrogens (primary N) is 1. The van der Waals surface area contributed by atoms with Gasteiger partial charge in [-0.1, -0.05) is 0 Å². The minimum atomic E-state index is -2.71. The van der Waals surface area contributed by atoms with E-state index in [1.165, 1.54) is 0 Å². The van der Waals surface area contributed by atoms with E-state index in [1.807, 2.05) is 13.8 Å². The van der Waals surface area contributed by atoms with Crippen LogP contribution in [0.1, 0.15) is 20.3 Å². The Balaban J connectivity index is 3.38. The van der Waals surface area contributed by atoms with Crippen molar-refractivity contribution in [2.75, 3.05) is 6.61 Å². The van der Waals surface area contributed by atoms with Gasteiger partial charge in [-0.05, 0) is 20.3 Å². The van der Waals surface area contributed by atoms with Crippen molar-refractivity contribution in [3.8, 4) is 0 Å². The van der Waals surface area contributed by atoms with E-state index in [-0.39, 0.29) is 12.1 Å². The van der Waals surface area contributed by atoms with E-state index in [9.17, 15) is 8.42 Å². The highest BCUT2D eigenvalue weighted by molar-refractivity contribution is 7.67. The first kappa shape index (κ1) is 9.87. The summed E-state index contributed by atoms with van der Waals surface area (Å²) in [6.07, 6.45) is 0.538. The zero-order chi connectivity index (χ0) is 8.20. The van der Waals surface area contributed by atoms with Crippen LogP contribution in [0.5, 0.6) is 0 Å². The summed E-state index contributed by atoms with van der Waals surface area (Å²) >= 11 is 0. The van der Waals surface area contributed by atoms with Gasteiger partial charge in [-0.3, -0.25) is 4.18 Å². The molecule has 5 heteroatoms. The normalized spacial score (nSPS) is 12.4. The molecule has 0 heterocycles. The zero-order valence-electron chi connectivity index (χ0n) is 6.16.